The van der Waals surface area contributed by atoms with E-state index in [1.807, 2.05) is 109 Å². The molecule has 0 spiro atoms. The summed E-state index contributed by atoms with van der Waals surface area (Å²) >= 11 is 12.4. The summed E-state index contributed by atoms with van der Waals surface area (Å²) in [7, 11) is 0. The summed E-state index contributed by atoms with van der Waals surface area (Å²) in [6.07, 6.45) is 5.05. The van der Waals surface area contributed by atoms with Crippen molar-refractivity contribution in [1.82, 2.24) is 9.99 Å². The Morgan fingerprint density at radius 3 is 2.29 bits per heavy atom. The molecule has 0 saturated heterocycles. The number of allylic oxidation sites excluding steroid dienone is 1. The second-order valence-electron chi connectivity index (χ2n) is 10.8. The number of carbonyl (C=O) groups is 1. The van der Waals surface area contributed by atoms with Crippen LogP contribution in [0.1, 0.15) is 46.8 Å². The molecule has 2 aliphatic rings. The molecule has 1 fully saturated rings. The molecule has 4 aromatic carbocycles. The van der Waals surface area contributed by atoms with Gasteiger partial charge in [0.1, 0.15) is 0 Å². The lowest BCUT2D eigenvalue weighted by Gasteiger charge is -2.30. The minimum absolute atomic E-state index is 0.0733. The Labute approximate surface area is 254 Å². The van der Waals surface area contributed by atoms with E-state index in [0.29, 0.717) is 15.6 Å². The predicted molar refractivity (Wildman–Crippen MR) is 172 cm³/mol. The highest BCUT2D eigenvalue weighted by Gasteiger charge is 2.44. The number of aromatic nitrogens is 1. The molecule has 7 rings (SSSR count). The molecule has 6 heteroatoms. The molecule has 1 saturated carbocycles. The van der Waals surface area contributed by atoms with Gasteiger partial charge < -0.3 is 0 Å². The van der Waals surface area contributed by atoms with Crippen LogP contribution in [0.3, 0.4) is 0 Å². The highest BCUT2D eigenvalue weighted by atomic mass is 35.5. The fourth-order valence-electron chi connectivity index (χ4n) is 6.15. The van der Waals surface area contributed by atoms with Crippen LogP contribution in [0.25, 0.3) is 28.2 Å². The maximum Gasteiger partial charge on any atom is 0.275 e. The second kappa shape index (κ2) is 11.2. The van der Waals surface area contributed by atoms with Crippen molar-refractivity contribution >= 4 is 51.8 Å². The number of hydrogen-bond acceptors (Lipinski definition) is 3. The molecule has 5 aromatic rings. The third kappa shape index (κ3) is 5.02. The molecule has 0 radical (unpaired) electrons. The van der Waals surface area contributed by atoms with Gasteiger partial charge in [0.15, 0.2) is 0 Å². The molecule has 1 aliphatic heterocycles. The van der Waals surface area contributed by atoms with Gasteiger partial charge in [-0.3, -0.25) is 4.79 Å². The standard InChI is InChI=1S/C36H27Cl2N3O/c37-27-17-13-23(14-18-27)21-26-9-6-11-30-34(26)40-41(35(30)25-15-19-28(38)20-16-25)36(42)31-22-33(24-7-2-1-3-8-24)39-32-12-5-4-10-29(31)32/h1-5,7-8,10,12-22,30,35H,6,9,11H2/b26-21-/t30-,35-/m0/s1. The first-order valence-electron chi connectivity index (χ1n) is 14.1. The van der Waals surface area contributed by atoms with Crippen LogP contribution < -0.4 is 0 Å². The summed E-state index contributed by atoms with van der Waals surface area (Å²) in [6.45, 7) is 0. The number of halogens is 2. The Morgan fingerprint density at radius 2 is 1.52 bits per heavy atom. The van der Waals surface area contributed by atoms with Gasteiger partial charge in [0.25, 0.3) is 5.91 Å². The van der Waals surface area contributed by atoms with Crippen LogP contribution in [0.2, 0.25) is 10.0 Å². The van der Waals surface area contributed by atoms with E-state index in [9.17, 15) is 4.79 Å². The maximum absolute atomic E-state index is 14.7. The lowest BCUT2D eigenvalue weighted by atomic mass is 9.77. The molecule has 0 unspecified atom stereocenters. The summed E-state index contributed by atoms with van der Waals surface area (Å²) in [5.41, 5.74) is 7.31. The van der Waals surface area contributed by atoms with Crippen molar-refractivity contribution in [2.75, 3.05) is 0 Å². The molecule has 0 N–H and O–H groups in total. The van der Waals surface area contributed by atoms with Crippen LogP contribution in [-0.4, -0.2) is 21.6 Å². The number of amides is 1. The second-order valence-corrected chi connectivity index (χ2v) is 11.7. The van der Waals surface area contributed by atoms with Crippen molar-refractivity contribution in [3.05, 3.63) is 142 Å². The highest BCUT2D eigenvalue weighted by Crippen LogP contribution is 2.45. The van der Waals surface area contributed by atoms with Crippen LogP contribution in [0.4, 0.5) is 0 Å². The summed E-state index contributed by atoms with van der Waals surface area (Å²) < 4.78 is 0. The first-order valence-corrected chi connectivity index (χ1v) is 14.9. The Kier molecular flexibility index (Phi) is 7.10. The zero-order valence-corrected chi connectivity index (χ0v) is 24.3. The van der Waals surface area contributed by atoms with Crippen molar-refractivity contribution in [3.8, 4) is 11.3 Å². The van der Waals surface area contributed by atoms with Crippen molar-refractivity contribution in [2.45, 2.75) is 25.3 Å². The average Bonchev–Trinajstić information content (AvgIpc) is 3.43. The van der Waals surface area contributed by atoms with E-state index in [4.69, 9.17) is 33.3 Å². The first kappa shape index (κ1) is 26.6. The van der Waals surface area contributed by atoms with Crippen LogP contribution in [0, 0.1) is 5.92 Å². The quantitative estimate of drug-likeness (QED) is 0.210. The van der Waals surface area contributed by atoms with Gasteiger partial charge in [0.2, 0.25) is 0 Å². The normalized spacial score (nSPS) is 19.1. The smallest absolute Gasteiger partial charge is 0.267 e. The number of carbonyl (C=O) groups excluding carboxylic acids is 1. The molecule has 0 bridgehead atoms. The third-order valence-corrected chi connectivity index (χ3v) is 8.65. The SMILES string of the molecule is O=C(c1cc(-c2ccccc2)nc2ccccc12)N1N=C2/C(=C\c3ccc(Cl)cc3)CCC[C@@H]2[C@@H]1c1ccc(Cl)cc1. The van der Waals surface area contributed by atoms with E-state index < -0.39 is 0 Å². The van der Waals surface area contributed by atoms with Gasteiger partial charge in [-0.15, -0.1) is 0 Å². The van der Waals surface area contributed by atoms with E-state index in [-0.39, 0.29) is 17.9 Å². The molecule has 2 atom stereocenters. The van der Waals surface area contributed by atoms with Gasteiger partial charge in [0.05, 0.1) is 28.5 Å². The molecular formula is C36H27Cl2N3O. The molecule has 1 aromatic heterocycles. The number of para-hydroxylation sites is 1. The molecule has 2 heterocycles. The van der Waals surface area contributed by atoms with Gasteiger partial charge >= 0.3 is 0 Å². The topological polar surface area (TPSA) is 45.6 Å². The number of rotatable bonds is 4. The van der Waals surface area contributed by atoms with E-state index in [0.717, 1.165) is 63.8 Å². The number of benzene rings is 4. The van der Waals surface area contributed by atoms with Gasteiger partial charge in [-0.1, -0.05) is 96.0 Å². The minimum Gasteiger partial charge on any atom is -0.267 e. The summed E-state index contributed by atoms with van der Waals surface area (Å²) in [5.74, 6) is -0.0670. The van der Waals surface area contributed by atoms with Gasteiger partial charge in [0, 0.05) is 26.9 Å². The first-order chi connectivity index (χ1) is 20.5. The van der Waals surface area contributed by atoms with E-state index in [1.165, 1.54) is 0 Å². The van der Waals surface area contributed by atoms with Gasteiger partial charge in [-0.25, -0.2) is 9.99 Å². The van der Waals surface area contributed by atoms with Crippen molar-refractivity contribution < 1.29 is 4.79 Å². The average molecular weight is 589 g/mol. The Bertz CT molecular complexity index is 1850. The van der Waals surface area contributed by atoms with Crippen molar-refractivity contribution in [3.63, 3.8) is 0 Å². The lowest BCUT2D eigenvalue weighted by molar-refractivity contribution is 0.0683. The van der Waals surface area contributed by atoms with Crippen molar-refractivity contribution in [2.24, 2.45) is 11.0 Å². The molecule has 1 aliphatic carbocycles. The summed E-state index contributed by atoms with van der Waals surface area (Å²) in [5, 5.41) is 9.01. The molecule has 206 valence electrons. The third-order valence-electron chi connectivity index (χ3n) is 8.15. The van der Waals surface area contributed by atoms with Crippen LogP contribution in [0.15, 0.2) is 120 Å². The Morgan fingerprint density at radius 1 is 0.833 bits per heavy atom. The Hall–Kier alpha value is -4.25. The van der Waals surface area contributed by atoms with Crippen LogP contribution in [-0.2, 0) is 0 Å². The Balaban J connectivity index is 1.37. The number of nitrogens with zero attached hydrogens (tertiary/aromatic N) is 3. The minimum atomic E-state index is -0.245. The fourth-order valence-corrected chi connectivity index (χ4v) is 6.41. The largest absolute Gasteiger partial charge is 0.275 e. The molecule has 42 heavy (non-hydrogen) atoms. The molecule has 1 amide bonds. The predicted octanol–water partition coefficient (Wildman–Crippen LogP) is 9.65. The zero-order valence-electron chi connectivity index (χ0n) is 22.8. The van der Waals surface area contributed by atoms with Crippen molar-refractivity contribution in [1.29, 1.82) is 0 Å². The molecule has 4 nitrogen and oxygen atoms in total. The monoisotopic (exact) mass is 587 g/mol. The number of pyridine rings is 1. The highest BCUT2D eigenvalue weighted by molar-refractivity contribution is 6.30. The van der Waals surface area contributed by atoms with E-state index >= 15 is 0 Å². The van der Waals surface area contributed by atoms with Gasteiger partial charge in [-0.2, -0.15) is 5.10 Å². The number of hydrogen-bond donors (Lipinski definition) is 0. The summed E-state index contributed by atoms with van der Waals surface area (Å²) in [4.78, 5) is 19.6. The maximum atomic E-state index is 14.7. The van der Waals surface area contributed by atoms with Crippen LogP contribution >= 0.6 is 23.2 Å². The number of hydrazone groups is 1. The van der Waals surface area contributed by atoms with Gasteiger partial charge in [-0.05, 0) is 78.4 Å². The fraction of sp³-hybridized carbons (Fsp3) is 0.139. The van der Waals surface area contributed by atoms with E-state index in [1.54, 1.807) is 5.01 Å². The number of fused-ring (bicyclic) bond motifs is 2. The molecular weight excluding hydrogens is 561 g/mol. The van der Waals surface area contributed by atoms with E-state index in [2.05, 4.69) is 6.08 Å². The lowest BCUT2D eigenvalue weighted by Crippen LogP contribution is -2.32. The summed E-state index contributed by atoms with van der Waals surface area (Å²) in [6, 6.07) is 35.1. The van der Waals surface area contributed by atoms with Crippen LogP contribution in [0.5, 0.6) is 0 Å². The zero-order chi connectivity index (χ0) is 28.6.